The fraction of sp³-hybridized carbons (Fsp3) is 0.333. The molecule has 1 atom stereocenters. The van der Waals surface area contributed by atoms with E-state index < -0.39 is 0 Å². The van der Waals surface area contributed by atoms with E-state index in [9.17, 15) is 0 Å². The summed E-state index contributed by atoms with van der Waals surface area (Å²) in [6, 6.07) is 8.85. The molecule has 2 heterocycles. The van der Waals surface area contributed by atoms with E-state index in [1.54, 1.807) is 22.7 Å². The van der Waals surface area contributed by atoms with Crippen molar-refractivity contribution < 1.29 is 0 Å². The number of rotatable bonds is 5. The van der Waals surface area contributed by atoms with E-state index in [0.29, 0.717) is 11.2 Å². The summed E-state index contributed by atoms with van der Waals surface area (Å²) in [5.41, 5.74) is 9.29. The van der Waals surface area contributed by atoms with Crippen molar-refractivity contribution in [2.45, 2.75) is 33.4 Å². The molecule has 3 aromatic rings. The van der Waals surface area contributed by atoms with E-state index in [2.05, 4.69) is 62.0 Å². The molecular formula is C18H23ClN4S2. The van der Waals surface area contributed by atoms with Gasteiger partial charge in [-0.1, -0.05) is 29.8 Å². The summed E-state index contributed by atoms with van der Waals surface area (Å²) in [4.78, 5) is 13.7. The molecule has 0 aliphatic heterocycles. The van der Waals surface area contributed by atoms with Crippen molar-refractivity contribution >= 4 is 40.2 Å². The number of hydrogen-bond donors (Lipinski definition) is 1. The Kier molecular flexibility index (Phi) is 6.57. The molecule has 0 bridgehead atoms. The molecule has 0 amide bonds. The Morgan fingerprint density at radius 1 is 1.16 bits per heavy atom. The fourth-order valence-corrected chi connectivity index (χ4v) is 4.53. The summed E-state index contributed by atoms with van der Waals surface area (Å²) in [5, 5.41) is 1.71. The fourth-order valence-electron chi connectivity index (χ4n) is 2.59. The predicted molar refractivity (Wildman–Crippen MR) is 111 cm³/mol. The van der Waals surface area contributed by atoms with Gasteiger partial charge in [-0.25, -0.2) is 9.97 Å². The molecule has 0 saturated carbocycles. The number of thiazole rings is 2. The van der Waals surface area contributed by atoms with Crippen molar-refractivity contribution in [2.24, 2.45) is 0 Å². The molecule has 3 rings (SSSR count). The SMILES string of the molecule is Cc1ccc(-c2nc(C)c(C(C)N(C)Cc3cnc(N)s3)s2)cc1.Cl. The van der Waals surface area contributed by atoms with Gasteiger partial charge >= 0.3 is 0 Å². The number of halogens is 1. The van der Waals surface area contributed by atoms with Crippen LogP contribution in [0.2, 0.25) is 0 Å². The van der Waals surface area contributed by atoms with Crippen molar-refractivity contribution in [1.82, 2.24) is 14.9 Å². The maximum Gasteiger partial charge on any atom is 0.180 e. The molecule has 0 spiro atoms. The second-order valence-corrected chi connectivity index (χ2v) is 8.27. The van der Waals surface area contributed by atoms with Gasteiger partial charge < -0.3 is 5.73 Å². The Morgan fingerprint density at radius 3 is 2.44 bits per heavy atom. The summed E-state index contributed by atoms with van der Waals surface area (Å²) in [6.45, 7) is 7.27. The molecule has 0 saturated heterocycles. The average Bonchev–Trinajstić information content (AvgIpc) is 3.13. The molecule has 0 aliphatic rings. The van der Waals surface area contributed by atoms with Crippen molar-refractivity contribution in [1.29, 1.82) is 0 Å². The van der Waals surface area contributed by atoms with Crippen LogP contribution < -0.4 is 5.73 Å². The van der Waals surface area contributed by atoms with Crippen molar-refractivity contribution in [3.05, 3.63) is 51.5 Å². The summed E-state index contributed by atoms with van der Waals surface area (Å²) < 4.78 is 0. The Morgan fingerprint density at radius 2 is 1.84 bits per heavy atom. The second-order valence-electron chi connectivity index (χ2n) is 6.09. The highest BCUT2D eigenvalue weighted by Gasteiger charge is 2.19. The first kappa shape index (κ1) is 19.8. The van der Waals surface area contributed by atoms with Gasteiger partial charge in [0.05, 0.1) is 5.69 Å². The third kappa shape index (κ3) is 4.58. The molecule has 0 fully saturated rings. The number of benzene rings is 1. The molecule has 0 aliphatic carbocycles. The zero-order valence-electron chi connectivity index (χ0n) is 14.8. The molecular weight excluding hydrogens is 372 g/mol. The van der Waals surface area contributed by atoms with Crippen LogP contribution in [-0.4, -0.2) is 21.9 Å². The Hall–Kier alpha value is -1.47. The van der Waals surface area contributed by atoms with Gasteiger partial charge in [0.15, 0.2) is 5.13 Å². The van der Waals surface area contributed by atoms with Gasteiger partial charge in [-0.05, 0) is 27.8 Å². The number of aromatic nitrogens is 2. The first-order valence-electron chi connectivity index (χ1n) is 7.89. The van der Waals surface area contributed by atoms with E-state index in [1.165, 1.54) is 20.9 Å². The topological polar surface area (TPSA) is 55.0 Å². The Balaban J connectivity index is 0.00000225. The molecule has 1 unspecified atom stereocenters. The maximum absolute atomic E-state index is 5.72. The van der Waals surface area contributed by atoms with Crippen LogP contribution in [-0.2, 0) is 6.54 Å². The van der Waals surface area contributed by atoms with Gasteiger partial charge in [0, 0.05) is 34.1 Å². The minimum atomic E-state index is 0. The van der Waals surface area contributed by atoms with Crippen LogP contribution in [0.15, 0.2) is 30.5 Å². The molecule has 0 radical (unpaired) electrons. The van der Waals surface area contributed by atoms with E-state index in [0.717, 1.165) is 17.2 Å². The van der Waals surface area contributed by atoms with Crippen LogP contribution >= 0.6 is 35.1 Å². The van der Waals surface area contributed by atoms with Gasteiger partial charge in [0.2, 0.25) is 0 Å². The van der Waals surface area contributed by atoms with Crippen molar-refractivity contribution in [3.8, 4) is 10.6 Å². The van der Waals surface area contributed by atoms with Crippen LogP contribution in [0.1, 0.15) is 34.0 Å². The molecule has 7 heteroatoms. The highest BCUT2D eigenvalue weighted by Crippen LogP contribution is 2.34. The minimum Gasteiger partial charge on any atom is -0.375 e. The van der Waals surface area contributed by atoms with E-state index >= 15 is 0 Å². The zero-order chi connectivity index (χ0) is 17.3. The van der Waals surface area contributed by atoms with E-state index in [4.69, 9.17) is 10.7 Å². The first-order chi connectivity index (χ1) is 11.4. The van der Waals surface area contributed by atoms with Crippen LogP contribution in [0.4, 0.5) is 5.13 Å². The highest BCUT2D eigenvalue weighted by atomic mass is 35.5. The molecule has 4 nitrogen and oxygen atoms in total. The molecule has 25 heavy (non-hydrogen) atoms. The molecule has 2 aromatic heterocycles. The number of anilines is 1. The van der Waals surface area contributed by atoms with Crippen molar-refractivity contribution in [2.75, 3.05) is 12.8 Å². The number of nitrogens with zero attached hydrogens (tertiary/aromatic N) is 3. The van der Waals surface area contributed by atoms with Crippen LogP contribution in [0, 0.1) is 13.8 Å². The lowest BCUT2D eigenvalue weighted by atomic mass is 10.1. The third-order valence-electron chi connectivity index (χ3n) is 4.15. The van der Waals surface area contributed by atoms with E-state index in [-0.39, 0.29) is 12.4 Å². The van der Waals surface area contributed by atoms with Gasteiger partial charge in [0.25, 0.3) is 0 Å². The largest absolute Gasteiger partial charge is 0.375 e. The smallest absolute Gasteiger partial charge is 0.180 e. The Bertz CT molecular complexity index is 826. The molecule has 2 N–H and O–H groups in total. The van der Waals surface area contributed by atoms with Crippen molar-refractivity contribution in [3.63, 3.8) is 0 Å². The third-order valence-corrected chi connectivity index (χ3v) is 6.34. The lowest BCUT2D eigenvalue weighted by molar-refractivity contribution is 0.257. The summed E-state index contributed by atoms with van der Waals surface area (Å²) in [5.74, 6) is 0. The average molecular weight is 395 g/mol. The normalized spacial score (nSPS) is 12.2. The standard InChI is InChI=1S/C18H22N4S2.ClH/c1-11-5-7-14(8-6-11)17-21-12(2)16(24-17)13(3)22(4)10-15-9-20-18(19)23-15;/h5-9,13H,10H2,1-4H3,(H2,19,20);1H. The maximum atomic E-state index is 5.72. The molecule has 134 valence electrons. The number of nitrogen functional groups attached to an aromatic ring is 1. The van der Waals surface area contributed by atoms with Crippen LogP contribution in [0.25, 0.3) is 10.6 Å². The highest BCUT2D eigenvalue weighted by molar-refractivity contribution is 7.15. The monoisotopic (exact) mass is 394 g/mol. The first-order valence-corrected chi connectivity index (χ1v) is 9.52. The Labute approximate surface area is 163 Å². The van der Waals surface area contributed by atoms with Gasteiger partial charge in [-0.2, -0.15) is 0 Å². The quantitative estimate of drug-likeness (QED) is 0.655. The lowest BCUT2D eigenvalue weighted by Gasteiger charge is -2.23. The van der Waals surface area contributed by atoms with Gasteiger partial charge in [0.1, 0.15) is 5.01 Å². The summed E-state index contributed by atoms with van der Waals surface area (Å²) in [7, 11) is 2.13. The minimum absolute atomic E-state index is 0. The number of nitrogens with two attached hydrogens (primary N) is 1. The van der Waals surface area contributed by atoms with Gasteiger partial charge in [-0.15, -0.1) is 35.1 Å². The number of aryl methyl sites for hydroxylation is 2. The molecule has 1 aromatic carbocycles. The summed E-state index contributed by atoms with van der Waals surface area (Å²) >= 11 is 3.33. The van der Waals surface area contributed by atoms with Crippen LogP contribution in [0.5, 0.6) is 0 Å². The second kappa shape index (κ2) is 8.27. The van der Waals surface area contributed by atoms with E-state index in [1.807, 2.05) is 6.20 Å². The zero-order valence-corrected chi connectivity index (χ0v) is 17.3. The van der Waals surface area contributed by atoms with Crippen LogP contribution in [0.3, 0.4) is 0 Å². The number of hydrogen-bond acceptors (Lipinski definition) is 6. The van der Waals surface area contributed by atoms with Gasteiger partial charge in [-0.3, -0.25) is 4.90 Å². The predicted octanol–water partition coefficient (Wildman–Crippen LogP) is 5.08. The lowest BCUT2D eigenvalue weighted by Crippen LogP contribution is -2.21. The summed E-state index contributed by atoms with van der Waals surface area (Å²) in [6.07, 6.45) is 1.86.